The lowest BCUT2D eigenvalue weighted by Crippen LogP contribution is -2.16. The SMILES string of the molecule is Cc1cc(N(c2ccc(C(C)(C)C)cc2)c2ccc(C(C)(C)C)cc2)c(Br)c(N(c2ccc3ccccc3c2)c2ccc3ccccc3c2)c1. The first-order valence-electron chi connectivity index (χ1n) is 17.5. The van der Waals surface area contributed by atoms with Crippen molar-refractivity contribution in [2.45, 2.75) is 59.3 Å². The van der Waals surface area contributed by atoms with Crippen molar-refractivity contribution in [2.24, 2.45) is 0 Å². The van der Waals surface area contributed by atoms with E-state index in [0.717, 1.165) is 38.6 Å². The first-order valence-corrected chi connectivity index (χ1v) is 18.3. The molecule has 0 unspecified atom stereocenters. The van der Waals surface area contributed by atoms with E-state index in [9.17, 15) is 0 Å². The molecule has 0 saturated carbocycles. The lowest BCUT2D eigenvalue weighted by atomic mass is 9.86. The number of halogens is 1. The number of benzene rings is 7. The molecule has 0 saturated heterocycles. The summed E-state index contributed by atoms with van der Waals surface area (Å²) in [5.74, 6) is 0. The third-order valence-corrected chi connectivity index (χ3v) is 10.4. The molecule has 250 valence electrons. The van der Waals surface area contributed by atoms with E-state index in [0.29, 0.717) is 0 Å². The Hall–Kier alpha value is -4.86. The third-order valence-electron chi connectivity index (χ3n) is 9.63. The van der Waals surface area contributed by atoms with Crippen molar-refractivity contribution in [3.8, 4) is 0 Å². The molecule has 0 N–H and O–H groups in total. The lowest BCUT2D eigenvalue weighted by molar-refractivity contribution is 0.590. The maximum absolute atomic E-state index is 4.21. The van der Waals surface area contributed by atoms with Gasteiger partial charge in [-0.25, -0.2) is 0 Å². The summed E-state index contributed by atoms with van der Waals surface area (Å²) in [6.07, 6.45) is 0. The molecule has 0 fully saturated rings. The minimum absolute atomic E-state index is 0.0645. The summed E-state index contributed by atoms with van der Waals surface area (Å²) in [4.78, 5) is 4.78. The van der Waals surface area contributed by atoms with Crippen LogP contribution in [-0.4, -0.2) is 0 Å². The Morgan fingerprint density at radius 1 is 0.400 bits per heavy atom. The molecule has 7 rings (SSSR count). The third kappa shape index (κ3) is 6.67. The number of hydrogen-bond donors (Lipinski definition) is 0. The van der Waals surface area contributed by atoms with Crippen molar-refractivity contribution >= 4 is 71.6 Å². The van der Waals surface area contributed by atoms with E-state index in [1.807, 2.05) is 0 Å². The van der Waals surface area contributed by atoms with Crippen LogP contribution in [0, 0.1) is 6.92 Å². The summed E-state index contributed by atoms with van der Waals surface area (Å²) in [7, 11) is 0. The van der Waals surface area contributed by atoms with Gasteiger partial charge in [0, 0.05) is 22.7 Å². The zero-order valence-electron chi connectivity index (χ0n) is 30.1. The Morgan fingerprint density at radius 3 is 1.12 bits per heavy atom. The topological polar surface area (TPSA) is 6.48 Å². The average Bonchev–Trinajstić information content (AvgIpc) is 3.10. The monoisotopic (exact) mass is 716 g/mol. The van der Waals surface area contributed by atoms with Gasteiger partial charge in [-0.3, -0.25) is 0 Å². The van der Waals surface area contributed by atoms with Crippen molar-refractivity contribution < 1.29 is 0 Å². The summed E-state index contributed by atoms with van der Waals surface area (Å²) in [5.41, 5.74) is 10.5. The van der Waals surface area contributed by atoms with Gasteiger partial charge in [-0.2, -0.15) is 0 Å². The molecule has 0 heterocycles. The van der Waals surface area contributed by atoms with Crippen LogP contribution in [0.4, 0.5) is 34.1 Å². The van der Waals surface area contributed by atoms with Crippen LogP contribution in [0.5, 0.6) is 0 Å². The van der Waals surface area contributed by atoms with Crippen LogP contribution >= 0.6 is 15.9 Å². The number of hydrogen-bond acceptors (Lipinski definition) is 2. The number of nitrogens with zero attached hydrogens (tertiary/aromatic N) is 2. The van der Waals surface area contributed by atoms with Gasteiger partial charge in [0.15, 0.2) is 0 Å². The largest absolute Gasteiger partial charge is 0.309 e. The Labute approximate surface area is 306 Å². The number of fused-ring (bicyclic) bond motifs is 2. The van der Waals surface area contributed by atoms with Gasteiger partial charge in [0.05, 0.1) is 15.8 Å². The molecule has 0 aliphatic heterocycles. The second kappa shape index (κ2) is 13.1. The van der Waals surface area contributed by atoms with Crippen molar-refractivity contribution in [1.29, 1.82) is 0 Å². The second-order valence-corrected chi connectivity index (χ2v) is 16.2. The minimum atomic E-state index is 0.0645. The molecule has 0 aliphatic carbocycles. The molecule has 0 amide bonds. The van der Waals surface area contributed by atoms with Crippen LogP contribution in [-0.2, 0) is 10.8 Å². The van der Waals surface area contributed by atoms with Gasteiger partial charge >= 0.3 is 0 Å². The summed E-state index contributed by atoms with van der Waals surface area (Å²) in [6.45, 7) is 15.8. The van der Waals surface area contributed by atoms with Gasteiger partial charge < -0.3 is 9.80 Å². The summed E-state index contributed by atoms with van der Waals surface area (Å²) in [5, 5.41) is 4.86. The molecule has 50 heavy (non-hydrogen) atoms. The summed E-state index contributed by atoms with van der Waals surface area (Å²) in [6, 6.07) is 53.4. The molecule has 0 aliphatic rings. The van der Waals surface area contributed by atoms with Gasteiger partial charge in [-0.15, -0.1) is 0 Å². The van der Waals surface area contributed by atoms with Crippen molar-refractivity contribution in [1.82, 2.24) is 0 Å². The van der Waals surface area contributed by atoms with Gasteiger partial charge in [0.1, 0.15) is 0 Å². The predicted molar refractivity (Wildman–Crippen MR) is 221 cm³/mol. The molecule has 0 atom stereocenters. The standard InChI is InChI=1S/C47H45BrN2/c1-32-28-43(49(39-24-18-37(19-25-39)46(2,3)4)40-26-20-38(21-27-40)47(5,6)7)45(48)44(29-32)50(41-22-16-33-12-8-10-14-35(33)30-41)42-23-17-34-13-9-11-15-36(34)31-42/h8-31H,1-7H3. The highest BCUT2D eigenvalue weighted by Crippen LogP contribution is 2.48. The van der Waals surface area contributed by atoms with Crippen molar-refractivity contribution in [3.63, 3.8) is 0 Å². The summed E-state index contributed by atoms with van der Waals surface area (Å²) >= 11 is 4.21. The molecule has 7 aromatic carbocycles. The summed E-state index contributed by atoms with van der Waals surface area (Å²) < 4.78 is 1.02. The van der Waals surface area contributed by atoms with E-state index in [4.69, 9.17) is 0 Å². The quantitative estimate of drug-likeness (QED) is 0.169. The number of anilines is 6. The second-order valence-electron chi connectivity index (χ2n) is 15.4. The molecule has 0 spiro atoms. The molecule has 0 aromatic heterocycles. The average molecular weight is 718 g/mol. The highest BCUT2D eigenvalue weighted by atomic mass is 79.9. The van der Waals surface area contributed by atoms with E-state index in [-0.39, 0.29) is 10.8 Å². The molecule has 2 nitrogen and oxygen atoms in total. The maximum Gasteiger partial charge on any atom is 0.0657 e. The van der Waals surface area contributed by atoms with Crippen molar-refractivity contribution in [3.05, 3.63) is 167 Å². The molecule has 3 heteroatoms. The molecular weight excluding hydrogens is 672 g/mol. The fraction of sp³-hybridized carbons (Fsp3) is 0.191. The number of rotatable bonds is 6. The zero-order valence-corrected chi connectivity index (χ0v) is 31.7. The normalized spacial score (nSPS) is 12.0. The Bertz CT molecular complexity index is 2170. The van der Waals surface area contributed by atoms with Crippen LogP contribution in [0.1, 0.15) is 58.2 Å². The Kier molecular flexibility index (Phi) is 8.82. The molecular formula is C47H45BrN2. The van der Waals surface area contributed by atoms with E-state index in [2.05, 4.69) is 220 Å². The highest BCUT2D eigenvalue weighted by Gasteiger charge is 2.24. The van der Waals surface area contributed by atoms with Crippen LogP contribution in [0.2, 0.25) is 0 Å². The maximum atomic E-state index is 4.21. The van der Waals surface area contributed by atoms with E-state index >= 15 is 0 Å². The van der Waals surface area contributed by atoms with Crippen LogP contribution in [0.3, 0.4) is 0 Å². The van der Waals surface area contributed by atoms with Gasteiger partial charge in [0.2, 0.25) is 0 Å². The zero-order chi connectivity index (χ0) is 35.2. The van der Waals surface area contributed by atoms with Crippen LogP contribution in [0.15, 0.2) is 150 Å². The highest BCUT2D eigenvalue weighted by molar-refractivity contribution is 9.10. The Balaban J connectivity index is 1.46. The molecule has 0 bridgehead atoms. The van der Waals surface area contributed by atoms with Crippen molar-refractivity contribution in [2.75, 3.05) is 9.80 Å². The Morgan fingerprint density at radius 2 is 0.740 bits per heavy atom. The van der Waals surface area contributed by atoms with E-state index < -0.39 is 0 Å². The van der Waals surface area contributed by atoms with Gasteiger partial charge in [-0.1, -0.05) is 126 Å². The van der Waals surface area contributed by atoms with Crippen LogP contribution < -0.4 is 9.80 Å². The molecule has 7 aromatic rings. The first-order chi connectivity index (χ1) is 23.9. The molecule has 0 radical (unpaired) electrons. The predicted octanol–water partition coefficient (Wildman–Crippen LogP) is 14.6. The van der Waals surface area contributed by atoms with E-state index in [1.54, 1.807) is 0 Å². The van der Waals surface area contributed by atoms with Gasteiger partial charge in [-0.05, 0) is 133 Å². The first kappa shape index (κ1) is 33.6. The minimum Gasteiger partial charge on any atom is -0.309 e. The smallest absolute Gasteiger partial charge is 0.0657 e. The number of aryl methyl sites for hydroxylation is 1. The van der Waals surface area contributed by atoms with E-state index in [1.165, 1.54) is 38.2 Å². The van der Waals surface area contributed by atoms with Crippen LogP contribution in [0.25, 0.3) is 21.5 Å². The van der Waals surface area contributed by atoms with Gasteiger partial charge in [0.25, 0.3) is 0 Å². The lowest BCUT2D eigenvalue weighted by Gasteiger charge is -2.32. The fourth-order valence-corrected chi connectivity index (χ4v) is 7.35. The fourth-order valence-electron chi connectivity index (χ4n) is 6.76.